The van der Waals surface area contributed by atoms with Crippen molar-refractivity contribution in [3.05, 3.63) is 70.5 Å². The molecule has 0 aromatic heterocycles. The molecule has 1 amide bonds. The summed E-state index contributed by atoms with van der Waals surface area (Å²) in [7, 11) is 0. The van der Waals surface area contributed by atoms with E-state index in [1.807, 2.05) is 19.1 Å². The Morgan fingerprint density at radius 2 is 1.70 bits per heavy atom. The minimum absolute atomic E-state index is 0.314. The second kappa shape index (κ2) is 7.28. The number of hydrogen-bond acceptors (Lipinski definition) is 2. The van der Waals surface area contributed by atoms with E-state index in [4.69, 9.17) is 0 Å². The van der Waals surface area contributed by atoms with Crippen LogP contribution in [0.2, 0.25) is 0 Å². The minimum Gasteiger partial charge on any atom is -0.394 e. The molecule has 122 valence electrons. The van der Waals surface area contributed by atoms with E-state index >= 15 is 0 Å². The topological polar surface area (TPSA) is 49.3 Å². The fourth-order valence-electron chi connectivity index (χ4n) is 2.15. The summed E-state index contributed by atoms with van der Waals surface area (Å²) in [6.07, 6.45) is 0.844. The number of nitrogens with one attached hydrogen (secondary N) is 1. The van der Waals surface area contributed by atoms with Gasteiger partial charge in [0.2, 0.25) is 0 Å². The van der Waals surface area contributed by atoms with Crippen LogP contribution in [0.15, 0.2) is 36.4 Å². The lowest BCUT2D eigenvalue weighted by Crippen LogP contribution is -2.31. The summed E-state index contributed by atoms with van der Waals surface area (Å²) >= 11 is 0. The quantitative estimate of drug-likeness (QED) is 0.831. The van der Waals surface area contributed by atoms with E-state index in [1.165, 1.54) is 0 Å². The maximum Gasteiger partial charge on any atom is 0.254 e. The highest BCUT2D eigenvalue weighted by Gasteiger charge is 2.20. The lowest BCUT2D eigenvalue weighted by Gasteiger charge is -2.17. The number of benzene rings is 2. The van der Waals surface area contributed by atoms with Gasteiger partial charge in [-0.05, 0) is 23.6 Å². The number of hydrogen-bond donors (Lipinski definition) is 2. The zero-order valence-electron chi connectivity index (χ0n) is 12.4. The molecule has 0 aliphatic carbocycles. The average Bonchev–Trinajstić information content (AvgIpc) is 2.56. The van der Waals surface area contributed by atoms with Gasteiger partial charge in [-0.3, -0.25) is 4.79 Å². The smallest absolute Gasteiger partial charge is 0.254 e. The van der Waals surface area contributed by atoms with Gasteiger partial charge in [0.1, 0.15) is 5.82 Å². The van der Waals surface area contributed by atoms with Crippen molar-refractivity contribution in [3.8, 4) is 0 Å². The van der Waals surface area contributed by atoms with Gasteiger partial charge in [-0.1, -0.05) is 31.2 Å². The van der Waals surface area contributed by atoms with E-state index in [-0.39, 0.29) is 0 Å². The summed E-state index contributed by atoms with van der Waals surface area (Å²) in [5, 5.41) is 11.8. The molecule has 0 heterocycles. The molecule has 23 heavy (non-hydrogen) atoms. The number of halogens is 3. The van der Waals surface area contributed by atoms with E-state index in [0.717, 1.165) is 12.0 Å². The molecular weight excluding hydrogens is 307 g/mol. The van der Waals surface area contributed by atoms with Crippen LogP contribution in [0.5, 0.6) is 0 Å². The molecule has 0 spiro atoms. The fraction of sp³-hybridized carbons (Fsp3) is 0.235. The van der Waals surface area contributed by atoms with E-state index in [2.05, 4.69) is 5.32 Å². The Kier molecular flexibility index (Phi) is 5.39. The number of carbonyl (C=O) groups is 1. The summed E-state index contributed by atoms with van der Waals surface area (Å²) in [6, 6.07) is 7.21. The van der Waals surface area contributed by atoms with Gasteiger partial charge < -0.3 is 10.4 Å². The normalized spacial score (nSPS) is 12.0. The standard InChI is InChI=1S/C17H16F3NO2/c1-2-10-3-5-11(6-4-10)16(9-22)21-17(23)12-7-14(19)15(20)8-13(12)18/h3-8,16,22H,2,9H2,1H3,(H,21,23). The predicted molar refractivity (Wildman–Crippen MR) is 79.4 cm³/mol. The van der Waals surface area contributed by atoms with Crippen LogP contribution in [-0.2, 0) is 6.42 Å². The highest BCUT2D eigenvalue weighted by Crippen LogP contribution is 2.17. The van der Waals surface area contributed by atoms with Crippen molar-refractivity contribution < 1.29 is 23.1 Å². The largest absolute Gasteiger partial charge is 0.394 e. The van der Waals surface area contributed by atoms with Crippen LogP contribution in [0.1, 0.15) is 34.5 Å². The summed E-state index contributed by atoms with van der Waals surface area (Å²) in [5.74, 6) is -4.78. The van der Waals surface area contributed by atoms with Gasteiger partial charge in [0.25, 0.3) is 5.91 Å². The van der Waals surface area contributed by atoms with E-state index in [1.54, 1.807) is 12.1 Å². The first-order valence-corrected chi connectivity index (χ1v) is 7.11. The summed E-state index contributed by atoms with van der Waals surface area (Å²) in [6.45, 7) is 1.58. The maximum absolute atomic E-state index is 13.6. The number of aliphatic hydroxyl groups excluding tert-OH is 1. The van der Waals surface area contributed by atoms with Crippen molar-refractivity contribution in [1.82, 2.24) is 5.32 Å². The van der Waals surface area contributed by atoms with Crippen molar-refractivity contribution >= 4 is 5.91 Å². The summed E-state index contributed by atoms with van der Waals surface area (Å²) < 4.78 is 39.7. The molecule has 0 aliphatic rings. The second-order valence-electron chi connectivity index (χ2n) is 5.05. The average molecular weight is 323 g/mol. The Hall–Kier alpha value is -2.34. The summed E-state index contributed by atoms with van der Waals surface area (Å²) in [5.41, 5.74) is 1.09. The lowest BCUT2D eigenvalue weighted by molar-refractivity contribution is 0.0911. The van der Waals surface area contributed by atoms with E-state index in [9.17, 15) is 23.1 Å². The molecule has 0 aliphatic heterocycles. The second-order valence-corrected chi connectivity index (χ2v) is 5.05. The Labute approximate surface area is 131 Å². The van der Waals surface area contributed by atoms with Crippen molar-refractivity contribution in [2.24, 2.45) is 0 Å². The molecule has 0 saturated heterocycles. The monoisotopic (exact) mass is 323 g/mol. The third-order valence-electron chi connectivity index (χ3n) is 3.53. The molecule has 0 fully saturated rings. The molecular formula is C17H16F3NO2. The van der Waals surface area contributed by atoms with Gasteiger partial charge in [-0.25, -0.2) is 13.2 Å². The minimum atomic E-state index is -1.37. The van der Waals surface area contributed by atoms with Crippen LogP contribution in [0.3, 0.4) is 0 Å². The molecule has 2 aromatic carbocycles. The molecule has 2 rings (SSSR count). The Bertz CT molecular complexity index is 702. The number of amides is 1. The maximum atomic E-state index is 13.6. The van der Waals surface area contributed by atoms with Crippen LogP contribution in [0.4, 0.5) is 13.2 Å². The number of aryl methyl sites for hydroxylation is 1. The van der Waals surface area contributed by atoms with E-state index in [0.29, 0.717) is 17.7 Å². The number of aliphatic hydroxyl groups is 1. The van der Waals surface area contributed by atoms with Crippen molar-refractivity contribution in [1.29, 1.82) is 0 Å². The Balaban J connectivity index is 2.21. The number of rotatable bonds is 5. The van der Waals surface area contributed by atoms with Gasteiger partial charge in [0.05, 0.1) is 18.2 Å². The van der Waals surface area contributed by atoms with Crippen molar-refractivity contribution in [3.63, 3.8) is 0 Å². The van der Waals surface area contributed by atoms with Crippen LogP contribution in [-0.4, -0.2) is 17.6 Å². The summed E-state index contributed by atoms with van der Waals surface area (Å²) in [4.78, 5) is 12.0. The van der Waals surface area contributed by atoms with Gasteiger partial charge in [-0.15, -0.1) is 0 Å². The van der Waals surface area contributed by atoms with Crippen LogP contribution in [0.25, 0.3) is 0 Å². The third-order valence-corrected chi connectivity index (χ3v) is 3.53. The van der Waals surface area contributed by atoms with Gasteiger partial charge in [-0.2, -0.15) is 0 Å². The SMILES string of the molecule is CCc1ccc(C(CO)NC(=O)c2cc(F)c(F)cc2F)cc1. The van der Waals surface area contributed by atoms with Crippen LogP contribution < -0.4 is 5.32 Å². The first kappa shape index (κ1) is 17.0. The molecule has 2 aromatic rings. The molecule has 0 saturated carbocycles. The predicted octanol–water partition coefficient (Wildman–Crippen LogP) is 3.13. The molecule has 0 radical (unpaired) electrons. The van der Waals surface area contributed by atoms with Crippen LogP contribution >= 0.6 is 0 Å². The first-order valence-electron chi connectivity index (χ1n) is 7.11. The molecule has 1 atom stereocenters. The van der Waals surface area contributed by atoms with Crippen LogP contribution in [0, 0.1) is 17.5 Å². The zero-order chi connectivity index (χ0) is 17.0. The Morgan fingerprint density at radius 3 is 2.26 bits per heavy atom. The number of carbonyl (C=O) groups excluding carboxylic acids is 1. The Morgan fingerprint density at radius 1 is 1.09 bits per heavy atom. The van der Waals surface area contributed by atoms with Gasteiger partial charge >= 0.3 is 0 Å². The highest BCUT2D eigenvalue weighted by molar-refractivity contribution is 5.94. The molecule has 3 nitrogen and oxygen atoms in total. The van der Waals surface area contributed by atoms with Crippen molar-refractivity contribution in [2.75, 3.05) is 6.61 Å². The van der Waals surface area contributed by atoms with Crippen molar-refractivity contribution in [2.45, 2.75) is 19.4 Å². The highest BCUT2D eigenvalue weighted by atomic mass is 19.2. The first-order chi connectivity index (χ1) is 11.0. The van der Waals surface area contributed by atoms with Gasteiger partial charge in [0.15, 0.2) is 11.6 Å². The molecule has 0 bridgehead atoms. The molecule has 6 heteroatoms. The lowest BCUT2D eigenvalue weighted by atomic mass is 10.0. The fourth-order valence-corrected chi connectivity index (χ4v) is 2.15. The third kappa shape index (κ3) is 3.90. The van der Waals surface area contributed by atoms with Gasteiger partial charge in [0, 0.05) is 6.07 Å². The van der Waals surface area contributed by atoms with E-state index < -0.39 is 41.6 Å². The zero-order valence-corrected chi connectivity index (χ0v) is 12.4. The molecule has 1 unspecified atom stereocenters. The molecule has 2 N–H and O–H groups in total.